The number of thioether (sulfide) groups is 1. The highest BCUT2D eigenvalue weighted by molar-refractivity contribution is 8.26. The third-order valence-corrected chi connectivity index (χ3v) is 5.32. The van der Waals surface area contributed by atoms with Crippen LogP contribution in [0.4, 0.5) is 5.69 Å². The van der Waals surface area contributed by atoms with Crippen LogP contribution in [0.1, 0.15) is 11.1 Å². The maximum Gasteiger partial charge on any atom is 0.286 e. The van der Waals surface area contributed by atoms with Crippen LogP contribution in [0, 0.1) is 10.1 Å². The predicted molar refractivity (Wildman–Crippen MR) is 117 cm³/mol. The Bertz CT molecular complexity index is 1100. The van der Waals surface area contributed by atoms with Gasteiger partial charge in [-0.25, -0.2) is 0 Å². The van der Waals surface area contributed by atoms with Gasteiger partial charge >= 0.3 is 0 Å². The van der Waals surface area contributed by atoms with E-state index in [-0.39, 0.29) is 21.3 Å². The number of thiocarbonyl (C=S) groups is 1. The fourth-order valence-corrected chi connectivity index (χ4v) is 3.68. The monoisotopic (exact) mass is 445 g/mol. The molecular formula is C19H15N3O6S2. The number of nitrogens with zero attached hydrogens (tertiary/aromatic N) is 3. The summed E-state index contributed by atoms with van der Waals surface area (Å²) < 4.78 is 10.7. The third-order valence-electron chi connectivity index (χ3n) is 4.03. The lowest BCUT2D eigenvalue weighted by molar-refractivity contribution is -0.384. The Morgan fingerprint density at radius 2 is 1.97 bits per heavy atom. The molecule has 0 saturated carbocycles. The van der Waals surface area contributed by atoms with Gasteiger partial charge < -0.3 is 14.6 Å². The zero-order valence-electron chi connectivity index (χ0n) is 15.8. The van der Waals surface area contributed by atoms with E-state index in [1.807, 2.05) is 0 Å². The van der Waals surface area contributed by atoms with Crippen molar-refractivity contribution in [3.8, 4) is 17.2 Å². The number of hydrazone groups is 1. The molecule has 2 aromatic carbocycles. The zero-order valence-corrected chi connectivity index (χ0v) is 17.4. The average Bonchev–Trinajstić information content (AvgIpc) is 3.00. The molecule has 9 nitrogen and oxygen atoms in total. The fourth-order valence-electron chi connectivity index (χ4n) is 2.52. The summed E-state index contributed by atoms with van der Waals surface area (Å²) in [5.41, 5.74) is 0.518. The van der Waals surface area contributed by atoms with Crippen molar-refractivity contribution < 1.29 is 24.3 Å². The molecule has 0 spiro atoms. The molecular weight excluding hydrogens is 430 g/mol. The number of phenolic OH excluding ortho intramolecular Hbond substituents is 1. The van der Waals surface area contributed by atoms with Crippen LogP contribution in [0.15, 0.2) is 46.4 Å². The molecule has 0 aromatic heterocycles. The molecule has 0 atom stereocenters. The fraction of sp³-hybridized carbons (Fsp3) is 0.105. The van der Waals surface area contributed by atoms with Crippen molar-refractivity contribution in [3.63, 3.8) is 0 Å². The molecule has 11 heteroatoms. The van der Waals surface area contributed by atoms with Crippen LogP contribution in [0.2, 0.25) is 0 Å². The molecule has 1 fully saturated rings. The predicted octanol–water partition coefficient (Wildman–Crippen LogP) is 3.55. The van der Waals surface area contributed by atoms with Crippen LogP contribution in [-0.4, -0.2) is 45.7 Å². The van der Waals surface area contributed by atoms with E-state index in [1.54, 1.807) is 24.3 Å². The first kappa shape index (κ1) is 21.3. The van der Waals surface area contributed by atoms with Gasteiger partial charge in [-0.2, -0.15) is 10.1 Å². The molecule has 1 amide bonds. The number of benzene rings is 2. The van der Waals surface area contributed by atoms with Gasteiger partial charge in [0.1, 0.15) is 17.2 Å². The third kappa shape index (κ3) is 4.42. The van der Waals surface area contributed by atoms with Gasteiger partial charge in [0.05, 0.1) is 30.3 Å². The van der Waals surface area contributed by atoms with Gasteiger partial charge in [-0.05, 0) is 36.5 Å². The first-order valence-corrected chi connectivity index (χ1v) is 9.58. The first-order valence-electron chi connectivity index (χ1n) is 8.35. The molecule has 0 bridgehead atoms. The average molecular weight is 445 g/mol. The summed E-state index contributed by atoms with van der Waals surface area (Å²) in [6.07, 6.45) is 2.77. The number of nitro groups is 1. The Balaban J connectivity index is 1.87. The van der Waals surface area contributed by atoms with Gasteiger partial charge in [-0.3, -0.25) is 14.9 Å². The number of carbonyl (C=O) groups excluding carboxylic acids is 1. The second kappa shape index (κ2) is 8.93. The van der Waals surface area contributed by atoms with Crippen molar-refractivity contribution in [2.24, 2.45) is 5.10 Å². The molecule has 1 N–H and O–H groups in total. The standard InChI is InChI=1S/C19H15N3O6S2/c1-27-14-5-3-11(16(9-14)28-2)8-17-18(24)21(19(29)30-17)20-10-12-7-13(22(25)26)4-6-15(12)23/h3-10,23H,1-2H3/b17-8+,20-10-. The molecule has 1 aliphatic rings. The number of aromatic hydroxyl groups is 1. The molecule has 1 heterocycles. The van der Waals surface area contributed by atoms with Crippen LogP contribution in [-0.2, 0) is 4.79 Å². The number of nitro benzene ring substituents is 1. The van der Waals surface area contributed by atoms with Crippen molar-refractivity contribution in [1.82, 2.24) is 5.01 Å². The van der Waals surface area contributed by atoms with Gasteiger partial charge in [0.2, 0.25) is 0 Å². The number of non-ortho nitro benzene ring substituents is 1. The summed E-state index contributed by atoms with van der Waals surface area (Å²) in [5.74, 6) is 0.444. The highest BCUT2D eigenvalue weighted by atomic mass is 32.2. The topological polar surface area (TPSA) is 115 Å². The van der Waals surface area contributed by atoms with E-state index in [1.165, 1.54) is 20.3 Å². The minimum absolute atomic E-state index is 0.0825. The number of hydrogen-bond donors (Lipinski definition) is 1. The quantitative estimate of drug-likeness (QED) is 0.236. The second-order valence-corrected chi connectivity index (χ2v) is 7.52. The highest BCUT2D eigenvalue weighted by Crippen LogP contribution is 2.35. The van der Waals surface area contributed by atoms with Gasteiger partial charge in [0, 0.05) is 29.3 Å². The maximum atomic E-state index is 12.7. The van der Waals surface area contributed by atoms with E-state index < -0.39 is 10.8 Å². The largest absolute Gasteiger partial charge is 0.507 e. The number of rotatable bonds is 6. The summed E-state index contributed by atoms with van der Waals surface area (Å²) in [5, 5.41) is 25.8. The number of ether oxygens (including phenoxy) is 2. The van der Waals surface area contributed by atoms with E-state index in [0.29, 0.717) is 22.0 Å². The first-order chi connectivity index (χ1) is 14.3. The lowest BCUT2D eigenvalue weighted by Gasteiger charge is -2.08. The van der Waals surface area contributed by atoms with Crippen LogP contribution >= 0.6 is 24.0 Å². The van der Waals surface area contributed by atoms with E-state index in [0.717, 1.165) is 35.1 Å². The van der Waals surface area contributed by atoms with Crippen LogP contribution in [0.5, 0.6) is 17.2 Å². The Kier molecular flexibility index (Phi) is 6.33. The summed E-state index contributed by atoms with van der Waals surface area (Å²) in [6, 6.07) is 8.66. The van der Waals surface area contributed by atoms with Gasteiger partial charge in [-0.15, -0.1) is 0 Å². The molecule has 30 heavy (non-hydrogen) atoms. The van der Waals surface area contributed by atoms with Crippen LogP contribution in [0.25, 0.3) is 6.08 Å². The molecule has 154 valence electrons. The number of amides is 1. The van der Waals surface area contributed by atoms with Crippen LogP contribution in [0.3, 0.4) is 0 Å². The SMILES string of the molecule is COc1ccc(/C=C2/SC(=S)N(/N=C\c3cc([N+](=O)[O-])ccc3O)C2=O)c(OC)c1. The number of methoxy groups -OCH3 is 2. The molecule has 3 rings (SSSR count). The van der Waals surface area contributed by atoms with E-state index >= 15 is 0 Å². The summed E-state index contributed by atoms with van der Waals surface area (Å²) in [7, 11) is 3.05. The Morgan fingerprint density at radius 1 is 1.20 bits per heavy atom. The van der Waals surface area contributed by atoms with Crippen molar-refractivity contribution >= 4 is 52.2 Å². The Labute approximate surface area is 180 Å². The lowest BCUT2D eigenvalue weighted by Crippen LogP contribution is -2.22. The zero-order chi connectivity index (χ0) is 21.8. The van der Waals surface area contributed by atoms with Gasteiger partial charge in [0.25, 0.3) is 11.6 Å². The van der Waals surface area contributed by atoms with Crippen molar-refractivity contribution in [3.05, 3.63) is 62.5 Å². The van der Waals surface area contributed by atoms with Crippen molar-refractivity contribution in [2.75, 3.05) is 14.2 Å². The van der Waals surface area contributed by atoms with Gasteiger partial charge in [-0.1, -0.05) is 11.8 Å². The van der Waals surface area contributed by atoms with E-state index in [4.69, 9.17) is 21.7 Å². The molecule has 0 radical (unpaired) electrons. The smallest absolute Gasteiger partial charge is 0.286 e. The normalized spacial score (nSPS) is 15.3. The summed E-state index contributed by atoms with van der Waals surface area (Å²) in [4.78, 5) is 23.4. The minimum Gasteiger partial charge on any atom is -0.507 e. The lowest BCUT2D eigenvalue weighted by atomic mass is 10.1. The van der Waals surface area contributed by atoms with Crippen molar-refractivity contribution in [1.29, 1.82) is 0 Å². The van der Waals surface area contributed by atoms with E-state index in [2.05, 4.69) is 5.10 Å². The summed E-state index contributed by atoms with van der Waals surface area (Å²) >= 11 is 6.27. The molecule has 0 aliphatic carbocycles. The number of hydrogen-bond acceptors (Lipinski definition) is 9. The van der Waals surface area contributed by atoms with E-state index in [9.17, 15) is 20.0 Å². The van der Waals surface area contributed by atoms with Crippen LogP contribution < -0.4 is 9.47 Å². The Hall–Kier alpha value is -3.44. The minimum atomic E-state index is -0.596. The molecule has 1 saturated heterocycles. The molecule has 0 unspecified atom stereocenters. The van der Waals surface area contributed by atoms with Gasteiger partial charge in [0.15, 0.2) is 4.32 Å². The summed E-state index contributed by atoms with van der Waals surface area (Å²) in [6.45, 7) is 0. The number of phenols is 1. The Morgan fingerprint density at radius 3 is 2.63 bits per heavy atom. The van der Waals surface area contributed by atoms with Crippen molar-refractivity contribution in [2.45, 2.75) is 0 Å². The molecule has 1 aliphatic heterocycles. The number of carbonyl (C=O) groups is 1. The maximum absolute atomic E-state index is 12.7. The molecule has 2 aromatic rings. The second-order valence-electron chi connectivity index (χ2n) is 5.85. The highest BCUT2D eigenvalue weighted by Gasteiger charge is 2.32.